The van der Waals surface area contributed by atoms with E-state index in [1.54, 1.807) is 19.1 Å². The van der Waals surface area contributed by atoms with Gasteiger partial charge < -0.3 is 10.4 Å². The number of nitrogens with zero attached hydrogens (tertiary/aromatic N) is 1. The number of nitrogens with one attached hydrogen (secondary N) is 1. The molecule has 0 aromatic heterocycles. The molecule has 0 aliphatic heterocycles. The number of rotatable bonds is 5. The van der Waals surface area contributed by atoms with Crippen LogP contribution in [-0.2, 0) is 11.3 Å². The fraction of sp³-hybridized carbons (Fsp3) is 0.300. The van der Waals surface area contributed by atoms with Crippen LogP contribution in [0.25, 0.3) is 0 Å². The number of hydrogen-bond donors (Lipinski definition) is 2. The van der Waals surface area contributed by atoms with Crippen molar-refractivity contribution in [2.24, 2.45) is 0 Å². The topological polar surface area (TPSA) is 92.5 Å². The highest BCUT2D eigenvalue weighted by atomic mass is 16.6. The van der Waals surface area contributed by atoms with E-state index in [1.165, 1.54) is 6.07 Å². The summed E-state index contributed by atoms with van der Waals surface area (Å²) in [4.78, 5) is 20.4. The maximum absolute atomic E-state index is 10.5. The maximum Gasteiger partial charge on any atom is 0.317 e. The molecule has 16 heavy (non-hydrogen) atoms. The number of carboxylic acids is 1. The van der Waals surface area contributed by atoms with Crippen LogP contribution in [0, 0.1) is 17.0 Å². The number of carbonyl (C=O) groups is 1. The van der Waals surface area contributed by atoms with Crippen molar-refractivity contribution in [3.8, 4) is 0 Å². The van der Waals surface area contributed by atoms with E-state index in [9.17, 15) is 14.9 Å². The van der Waals surface area contributed by atoms with Crippen LogP contribution < -0.4 is 5.32 Å². The van der Waals surface area contributed by atoms with Crippen LogP contribution in [0.15, 0.2) is 18.2 Å². The molecule has 0 bridgehead atoms. The van der Waals surface area contributed by atoms with Gasteiger partial charge in [0.25, 0.3) is 5.69 Å². The molecule has 0 amide bonds. The van der Waals surface area contributed by atoms with Crippen molar-refractivity contribution in [1.82, 2.24) is 5.32 Å². The van der Waals surface area contributed by atoms with E-state index in [2.05, 4.69) is 5.32 Å². The Balaban J connectivity index is 2.66. The number of nitro benzene ring substituents is 1. The molecule has 1 rings (SSSR count). The van der Waals surface area contributed by atoms with Crippen LogP contribution in [0.5, 0.6) is 0 Å². The summed E-state index contributed by atoms with van der Waals surface area (Å²) in [5.74, 6) is -0.932. The van der Waals surface area contributed by atoms with Gasteiger partial charge in [0.1, 0.15) is 0 Å². The minimum absolute atomic E-state index is 0.0713. The molecular formula is C10H12N2O4. The second kappa shape index (κ2) is 5.22. The van der Waals surface area contributed by atoms with Gasteiger partial charge in [-0.2, -0.15) is 0 Å². The normalized spacial score (nSPS) is 10.1. The van der Waals surface area contributed by atoms with Gasteiger partial charge in [-0.3, -0.25) is 14.9 Å². The van der Waals surface area contributed by atoms with E-state index in [-0.39, 0.29) is 12.2 Å². The minimum Gasteiger partial charge on any atom is -0.480 e. The molecule has 0 heterocycles. The SMILES string of the molecule is Cc1cc(CNCC(=O)O)ccc1[N+](=O)[O-]. The smallest absolute Gasteiger partial charge is 0.317 e. The van der Waals surface area contributed by atoms with Crippen molar-refractivity contribution in [3.05, 3.63) is 39.4 Å². The van der Waals surface area contributed by atoms with E-state index < -0.39 is 10.9 Å². The lowest BCUT2D eigenvalue weighted by Crippen LogP contribution is -2.21. The van der Waals surface area contributed by atoms with Gasteiger partial charge in [0.15, 0.2) is 0 Å². The molecule has 0 radical (unpaired) electrons. The molecule has 0 spiro atoms. The van der Waals surface area contributed by atoms with Crippen LogP contribution in [0.2, 0.25) is 0 Å². The summed E-state index contributed by atoms with van der Waals surface area (Å²) in [5.41, 5.74) is 1.46. The first-order chi connectivity index (χ1) is 7.50. The summed E-state index contributed by atoms with van der Waals surface area (Å²) < 4.78 is 0. The zero-order chi connectivity index (χ0) is 12.1. The summed E-state index contributed by atoms with van der Waals surface area (Å²) in [5, 5.41) is 21.7. The Morgan fingerprint density at radius 3 is 2.75 bits per heavy atom. The Hall–Kier alpha value is -1.95. The summed E-state index contributed by atoms with van der Waals surface area (Å²) in [6, 6.07) is 4.71. The van der Waals surface area contributed by atoms with Crippen LogP contribution in [0.4, 0.5) is 5.69 Å². The lowest BCUT2D eigenvalue weighted by Gasteiger charge is -2.03. The molecule has 1 aromatic rings. The zero-order valence-corrected chi connectivity index (χ0v) is 8.77. The van der Waals surface area contributed by atoms with E-state index in [4.69, 9.17) is 5.11 Å². The average Bonchev–Trinajstić information content (AvgIpc) is 2.16. The van der Waals surface area contributed by atoms with E-state index in [1.807, 2.05) is 0 Å². The first-order valence-corrected chi connectivity index (χ1v) is 4.67. The van der Waals surface area contributed by atoms with Crippen LogP contribution in [-0.4, -0.2) is 22.5 Å². The van der Waals surface area contributed by atoms with Crippen molar-refractivity contribution in [3.63, 3.8) is 0 Å². The van der Waals surface area contributed by atoms with Crippen LogP contribution in [0.3, 0.4) is 0 Å². The number of carboxylic acid groups (broad SMARTS) is 1. The van der Waals surface area contributed by atoms with Crippen LogP contribution in [0.1, 0.15) is 11.1 Å². The molecule has 0 fully saturated rings. The predicted octanol–water partition coefficient (Wildman–Crippen LogP) is 1.08. The molecule has 0 unspecified atom stereocenters. The summed E-state index contributed by atoms with van der Waals surface area (Å²) in [6.07, 6.45) is 0. The Bertz CT molecular complexity index is 417. The summed E-state index contributed by atoms with van der Waals surface area (Å²) in [6.45, 7) is 1.90. The van der Waals surface area contributed by atoms with Crippen molar-refractivity contribution < 1.29 is 14.8 Å². The summed E-state index contributed by atoms with van der Waals surface area (Å²) >= 11 is 0. The van der Waals surface area contributed by atoms with Gasteiger partial charge in [-0.1, -0.05) is 6.07 Å². The fourth-order valence-corrected chi connectivity index (χ4v) is 1.35. The third-order valence-corrected chi connectivity index (χ3v) is 2.06. The fourth-order valence-electron chi connectivity index (χ4n) is 1.35. The molecule has 0 saturated carbocycles. The lowest BCUT2D eigenvalue weighted by atomic mass is 10.1. The molecule has 0 aliphatic rings. The molecule has 86 valence electrons. The highest BCUT2D eigenvalue weighted by Gasteiger charge is 2.09. The van der Waals surface area contributed by atoms with Crippen molar-refractivity contribution in [2.45, 2.75) is 13.5 Å². The van der Waals surface area contributed by atoms with Crippen molar-refractivity contribution in [1.29, 1.82) is 0 Å². The van der Waals surface area contributed by atoms with Crippen LogP contribution >= 0.6 is 0 Å². The lowest BCUT2D eigenvalue weighted by molar-refractivity contribution is -0.385. The molecule has 6 nitrogen and oxygen atoms in total. The minimum atomic E-state index is -0.932. The molecule has 0 aliphatic carbocycles. The molecular weight excluding hydrogens is 212 g/mol. The predicted molar refractivity (Wildman–Crippen MR) is 57.2 cm³/mol. The third-order valence-electron chi connectivity index (χ3n) is 2.06. The number of hydrogen-bond acceptors (Lipinski definition) is 4. The molecule has 2 N–H and O–H groups in total. The molecule has 1 aromatic carbocycles. The highest BCUT2D eigenvalue weighted by molar-refractivity contribution is 5.69. The third kappa shape index (κ3) is 3.32. The first-order valence-electron chi connectivity index (χ1n) is 4.67. The van der Waals surface area contributed by atoms with Gasteiger partial charge >= 0.3 is 5.97 Å². The average molecular weight is 224 g/mol. The maximum atomic E-state index is 10.5. The quantitative estimate of drug-likeness (QED) is 0.576. The molecule has 0 atom stereocenters. The Morgan fingerprint density at radius 1 is 1.56 bits per heavy atom. The molecule has 6 heteroatoms. The molecule has 0 saturated heterocycles. The zero-order valence-electron chi connectivity index (χ0n) is 8.77. The standard InChI is InChI=1S/C10H12N2O4/c1-7-4-8(5-11-6-10(13)14)2-3-9(7)12(15)16/h2-4,11H,5-6H2,1H3,(H,13,14). The first kappa shape index (κ1) is 12.1. The van der Waals surface area contributed by atoms with E-state index >= 15 is 0 Å². The number of nitro groups is 1. The Labute approximate surface area is 92.0 Å². The second-order valence-electron chi connectivity index (χ2n) is 3.38. The van der Waals surface area contributed by atoms with E-state index in [0.717, 1.165) is 5.56 Å². The van der Waals surface area contributed by atoms with Crippen molar-refractivity contribution in [2.75, 3.05) is 6.54 Å². The second-order valence-corrected chi connectivity index (χ2v) is 3.38. The van der Waals surface area contributed by atoms with Gasteiger partial charge in [0, 0.05) is 18.2 Å². The van der Waals surface area contributed by atoms with Gasteiger partial charge in [-0.05, 0) is 18.6 Å². The van der Waals surface area contributed by atoms with Gasteiger partial charge in [-0.25, -0.2) is 0 Å². The van der Waals surface area contributed by atoms with Gasteiger partial charge in [0.05, 0.1) is 11.5 Å². The van der Waals surface area contributed by atoms with Crippen molar-refractivity contribution >= 4 is 11.7 Å². The number of aliphatic carboxylic acids is 1. The Morgan fingerprint density at radius 2 is 2.25 bits per heavy atom. The van der Waals surface area contributed by atoms with Gasteiger partial charge in [-0.15, -0.1) is 0 Å². The van der Waals surface area contributed by atoms with E-state index in [0.29, 0.717) is 12.1 Å². The monoisotopic (exact) mass is 224 g/mol. The van der Waals surface area contributed by atoms with Gasteiger partial charge in [0.2, 0.25) is 0 Å². The largest absolute Gasteiger partial charge is 0.480 e. The number of benzene rings is 1. The Kier molecular flexibility index (Phi) is 3.96. The highest BCUT2D eigenvalue weighted by Crippen LogP contribution is 2.18. The number of aryl methyl sites for hydroxylation is 1. The summed E-state index contributed by atoms with van der Waals surface area (Å²) in [7, 11) is 0.